The summed E-state index contributed by atoms with van der Waals surface area (Å²) in [6, 6.07) is 5.06. The molecule has 0 atom stereocenters. The van der Waals surface area contributed by atoms with E-state index < -0.39 is 6.09 Å². The second-order valence-electron chi connectivity index (χ2n) is 7.06. The summed E-state index contributed by atoms with van der Waals surface area (Å²) in [4.78, 5) is 31.3. The van der Waals surface area contributed by atoms with Crippen LogP contribution in [-0.4, -0.2) is 63.1 Å². The number of hydrogen-bond acceptors (Lipinski definition) is 4. The van der Waals surface area contributed by atoms with Crippen molar-refractivity contribution in [2.45, 2.75) is 45.2 Å². The predicted octanol–water partition coefficient (Wildman–Crippen LogP) is 2.26. The van der Waals surface area contributed by atoms with Gasteiger partial charge < -0.3 is 10.4 Å². The Bertz CT molecular complexity index is 563. The van der Waals surface area contributed by atoms with Gasteiger partial charge in [0.25, 0.3) is 0 Å². The summed E-state index contributed by atoms with van der Waals surface area (Å²) in [6.45, 7) is 7.96. The monoisotopic (exact) mass is 334 g/mol. The number of anilines is 1. The van der Waals surface area contributed by atoms with Crippen molar-refractivity contribution >= 4 is 17.8 Å². The number of piperidine rings is 1. The van der Waals surface area contributed by atoms with Gasteiger partial charge in [-0.15, -0.1) is 0 Å². The number of carbonyl (C=O) groups is 2. The number of pyridine rings is 1. The Kier molecular flexibility index (Phi) is 5.77. The highest BCUT2D eigenvalue weighted by Crippen LogP contribution is 2.23. The van der Waals surface area contributed by atoms with Gasteiger partial charge in [-0.3, -0.25) is 14.6 Å². The van der Waals surface area contributed by atoms with E-state index in [1.807, 2.05) is 0 Å². The summed E-state index contributed by atoms with van der Waals surface area (Å²) >= 11 is 0. The number of nitrogens with one attached hydrogen (secondary N) is 1. The standard InChI is InChI=1S/C17H26N4O3/c1-17(2,3)20-10-7-13(8-11-20)21(16(23)24)12-15(22)19-14-6-4-5-9-18-14/h4-6,9,13H,7-8,10-12H2,1-3H3,(H,23,24)(H,18,19,22). The molecular weight excluding hydrogens is 308 g/mol. The van der Waals surface area contributed by atoms with Crippen LogP contribution in [0.25, 0.3) is 0 Å². The normalized spacial score (nSPS) is 16.6. The number of nitrogens with zero attached hydrogens (tertiary/aromatic N) is 3. The Morgan fingerprint density at radius 3 is 2.50 bits per heavy atom. The van der Waals surface area contributed by atoms with E-state index in [0.717, 1.165) is 25.9 Å². The van der Waals surface area contributed by atoms with Crippen molar-refractivity contribution in [3.05, 3.63) is 24.4 Å². The molecule has 0 bridgehead atoms. The van der Waals surface area contributed by atoms with Gasteiger partial charge in [-0.1, -0.05) is 6.07 Å². The van der Waals surface area contributed by atoms with Crippen LogP contribution < -0.4 is 5.32 Å². The van der Waals surface area contributed by atoms with Crippen LogP contribution in [-0.2, 0) is 4.79 Å². The van der Waals surface area contributed by atoms with Crippen LogP contribution in [0.3, 0.4) is 0 Å². The Morgan fingerprint density at radius 2 is 2.00 bits per heavy atom. The maximum atomic E-state index is 12.1. The van der Waals surface area contributed by atoms with Crippen molar-refractivity contribution < 1.29 is 14.7 Å². The molecule has 0 aromatic carbocycles. The molecule has 0 unspecified atom stereocenters. The quantitative estimate of drug-likeness (QED) is 0.882. The molecule has 2 rings (SSSR count). The van der Waals surface area contributed by atoms with Crippen LogP contribution >= 0.6 is 0 Å². The molecule has 1 aromatic heterocycles. The van der Waals surface area contributed by atoms with E-state index in [0.29, 0.717) is 5.82 Å². The number of hydrogen-bond donors (Lipinski definition) is 2. The minimum Gasteiger partial charge on any atom is -0.465 e. The van der Waals surface area contributed by atoms with E-state index in [-0.39, 0.29) is 24.0 Å². The first-order chi connectivity index (χ1) is 11.3. The van der Waals surface area contributed by atoms with Crippen LogP contribution in [0.5, 0.6) is 0 Å². The maximum Gasteiger partial charge on any atom is 0.408 e. The van der Waals surface area contributed by atoms with Gasteiger partial charge in [0, 0.05) is 30.9 Å². The highest BCUT2D eigenvalue weighted by Gasteiger charge is 2.32. The fourth-order valence-corrected chi connectivity index (χ4v) is 2.98. The van der Waals surface area contributed by atoms with Crippen molar-refractivity contribution in [2.24, 2.45) is 0 Å². The van der Waals surface area contributed by atoms with Gasteiger partial charge in [0.15, 0.2) is 0 Å². The number of aromatic nitrogens is 1. The average molecular weight is 334 g/mol. The molecule has 1 aliphatic rings. The SMILES string of the molecule is CC(C)(C)N1CCC(N(CC(=O)Nc2ccccn2)C(=O)O)CC1. The zero-order chi connectivity index (χ0) is 17.7. The molecule has 1 saturated heterocycles. The number of carboxylic acid groups (broad SMARTS) is 1. The fraction of sp³-hybridized carbons (Fsp3) is 0.588. The minimum absolute atomic E-state index is 0.0787. The predicted molar refractivity (Wildman–Crippen MR) is 91.9 cm³/mol. The molecule has 24 heavy (non-hydrogen) atoms. The zero-order valence-electron chi connectivity index (χ0n) is 14.5. The molecule has 2 N–H and O–H groups in total. The van der Waals surface area contributed by atoms with E-state index in [9.17, 15) is 14.7 Å². The summed E-state index contributed by atoms with van der Waals surface area (Å²) < 4.78 is 0. The lowest BCUT2D eigenvalue weighted by Crippen LogP contribution is -2.53. The summed E-state index contributed by atoms with van der Waals surface area (Å²) in [5, 5.41) is 12.1. The average Bonchev–Trinajstić information content (AvgIpc) is 2.52. The van der Waals surface area contributed by atoms with Crippen molar-refractivity contribution in [2.75, 3.05) is 25.0 Å². The highest BCUT2D eigenvalue weighted by molar-refractivity contribution is 5.92. The van der Waals surface area contributed by atoms with Crippen molar-refractivity contribution in [1.82, 2.24) is 14.8 Å². The van der Waals surface area contributed by atoms with Crippen LogP contribution in [0.1, 0.15) is 33.6 Å². The van der Waals surface area contributed by atoms with Crippen LogP contribution in [0.2, 0.25) is 0 Å². The molecule has 0 radical (unpaired) electrons. The highest BCUT2D eigenvalue weighted by atomic mass is 16.4. The molecule has 132 valence electrons. The molecule has 2 amide bonds. The Hall–Kier alpha value is -2.15. The van der Waals surface area contributed by atoms with Gasteiger partial charge in [-0.05, 0) is 45.7 Å². The number of likely N-dealkylation sites (tertiary alicyclic amines) is 1. The van der Waals surface area contributed by atoms with Gasteiger partial charge in [0.1, 0.15) is 12.4 Å². The largest absolute Gasteiger partial charge is 0.465 e. The maximum absolute atomic E-state index is 12.1. The van der Waals surface area contributed by atoms with E-state index >= 15 is 0 Å². The molecule has 1 fully saturated rings. The Morgan fingerprint density at radius 1 is 1.33 bits per heavy atom. The Labute approximate surface area is 142 Å². The van der Waals surface area contributed by atoms with Gasteiger partial charge in [-0.25, -0.2) is 9.78 Å². The topological polar surface area (TPSA) is 85.8 Å². The molecule has 0 saturated carbocycles. The second kappa shape index (κ2) is 7.61. The lowest BCUT2D eigenvalue weighted by molar-refractivity contribution is -0.117. The molecule has 7 heteroatoms. The number of amides is 2. The molecule has 7 nitrogen and oxygen atoms in total. The molecule has 2 heterocycles. The zero-order valence-corrected chi connectivity index (χ0v) is 14.5. The molecular formula is C17H26N4O3. The van der Waals surface area contributed by atoms with Crippen molar-refractivity contribution in [3.63, 3.8) is 0 Å². The first-order valence-corrected chi connectivity index (χ1v) is 8.23. The van der Waals surface area contributed by atoms with E-state index in [2.05, 4.69) is 36.0 Å². The Balaban J connectivity index is 1.93. The van der Waals surface area contributed by atoms with Gasteiger partial charge in [0.2, 0.25) is 5.91 Å². The smallest absolute Gasteiger partial charge is 0.408 e. The van der Waals surface area contributed by atoms with E-state index in [1.54, 1.807) is 24.4 Å². The van der Waals surface area contributed by atoms with E-state index in [1.165, 1.54) is 4.90 Å². The summed E-state index contributed by atoms with van der Waals surface area (Å²) in [6.07, 6.45) is 1.99. The van der Waals surface area contributed by atoms with Gasteiger partial charge >= 0.3 is 6.09 Å². The number of carbonyl (C=O) groups excluding carboxylic acids is 1. The molecule has 0 spiro atoms. The fourth-order valence-electron chi connectivity index (χ4n) is 2.98. The molecule has 1 aliphatic heterocycles. The number of rotatable bonds is 4. The summed E-state index contributed by atoms with van der Waals surface area (Å²) in [5.41, 5.74) is 0.0787. The van der Waals surface area contributed by atoms with Crippen molar-refractivity contribution in [1.29, 1.82) is 0 Å². The molecule has 1 aromatic rings. The first kappa shape index (κ1) is 18.2. The van der Waals surface area contributed by atoms with Crippen molar-refractivity contribution in [3.8, 4) is 0 Å². The first-order valence-electron chi connectivity index (χ1n) is 8.23. The summed E-state index contributed by atoms with van der Waals surface area (Å²) in [7, 11) is 0. The summed E-state index contributed by atoms with van der Waals surface area (Å²) in [5.74, 6) is 0.0599. The third-order valence-electron chi connectivity index (χ3n) is 4.35. The lowest BCUT2D eigenvalue weighted by atomic mass is 9.97. The second-order valence-corrected chi connectivity index (χ2v) is 7.06. The lowest BCUT2D eigenvalue weighted by Gasteiger charge is -2.43. The van der Waals surface area contributed by atoms with Crippen LogP contribution in [0.4, 0.5) is 10.6 Å². The molecule has 0 aliphatic carbocycles. The third kappa shape index (κ3) is 4.92. The van der Waals surface area contributed by atoms with Gasteiger partial charge in [0.05, 0.1) is 0 Å². The van der Waals surface area contributed by atoms with E-state index in [4.69, 9.17) is 0 Å². The van der Waals surface area contributed by atoms with Crippen LogP contribution in [0, 0.1) is 0 Å². The van der Waals surface area contributed by atoms with Crippen LogP contribution in [0.15, 0.2) is 24.4 Å². The van der Waals surface area contributed by atoms with Gasteiger partial charge in [-0.2, -0.15) is 0 Å². The minimum atomic E-state index is -1.06. The third-order valence-corrected chi connectivity index (χ3v) is 4.35.